The van der Waals surface area contributed by atoms with Gasteiger partial charge in [-0.2, -0.15) is 0 Å². The second kappa shape index (κ2) is 6.20. The minimum Gasteiger partial charge on any atom is -0.367 e. The number of nitrogens with zero attached hydrogens (tertiary/aromatic N) is 1. The monoisotopic (exact) mass is 271 g/mol. The fourth-order valence-electron chi connectivity index (χ4n) is 4.35. The first kappa shape index (κ1) is 14.0. The lowest BCUT2D eigenvalue weighted by Gasteiger charge is -2.31. The number of rotatable bonds is 6. The molecule has 1 saturated carbocycles. The van der Waals surface area contributed by atoms with Crippen molar-refractivity contribution in [1.29, 1.82) is 0 Å². The molecule has 1 aliphatic heterocycles. The van der Waals surface area contributed by atoms with Gasteiger partial charge in [-0.25, -0.2) is 0 Å². The van der Waals surface area contributed by atoms with E-state index in [0.717, 1.165) is 17.9 Å². The molecular weight excluding hydrogens is 242 g/mol. The first-order valence-electron chi connectivity index (χ1n) is 8.70. The maximum atomic E-state index is 2.77. The largest absolute Gasteiger partial charge is 0.367 e. The van der Waals surface area contributed by atoms with Crippen LogP contribution in [0.5, 0.6) is 0 Å². The van der Waals surface area contributed by atoms with Crippen molar-refractivity contribution in [2.24, 2.45) is 5.92 Å². The third-order valence-corrected chi connectivity index (χ3v) is 5.52. The van der Waals surface area contributed by atoms with Crippen molar-refractivity contribution in [3.8, 4) is 0 Å². The van der Waals surface area contributed by atoms with Crippen molar-refractivity contribution in [1.82, 2.24) is 0 Å². The zero-order chi connectivity index (χ0) is 13.9. The van der Waals surface area contributed by atoms with Gasteiger partial charge in [0.2, 0.25) is 0 Å². The minimum absolute atomic E-state index is 0.808. The van der Waals surface area contributed by atoms with E-state index in [1.54, 1.807) is 11.3 Å². The minimum atomic E-state index is 0.808. The zero-order valence-electron chi connectivity index (χ0n) is 13.1. The zero-order valence-corrected chi connectivity index (χ0v) is 13.1. The maximum absolute atomic E-state index is 2.77. The molecule has 1 aliphatic carbocycles. The summed E-state index contributed by atoms with van der Waals surface area (Å²) >= 11 is 0. The van der Waals surface area contributed by atoms with E-state index in [2.05, 4.69) is 43.0 Å². The lowest BCUT2D eigenvalue weighted by Crippen LogP contribution is -2.35. The smallest absolute Gasteiger partial charge is 0.0405 e. The van der Waals surface area contributed by atoms with Gasteiger partial charge in [-0.15, -0.1) is 0 Å². The van der Waals surface area contributed by atoms with Crippen molar-refractivity contribution in [3.63, 3.8) is 0 Å². The van der Waals surface area contributed by atoms with Crippen molar-refractivity contribution in [2.45, 2.75) is 70.8 Å². The Morgan fingerprint density at radius 2 is 2.05 bits per heavy atom. The van der Waals surface area contributed by atoms with Crippen LogP contribution in [0.25, 0.3) is 0 Å². The molecular formula is C19H29N. The van der Waals surface area contributed by atoms with Crippen LogP contribution in [0, 0.1) is 5.92 Å². The van der Waals surface area contributed by atoms with Gasteiger partial charge >= 0.3 is 0 Å². The Kier molecular flexibility index (Phi) is 4.33. The maximum Gasteiger partial charge on any atom is 0.0405 e. The summed E-state index contributed by atoms with van der Waals surface area (Å²) in [5.41, 5.74) is 3.19. The van der Waals surface area contributed by atoms with E-state index >= 15 is 0 Å². The molecule has 0 radical (unpaired) electrons. The van der Waals surface area contributed by atoms with Gasteiger partial charge in [0, 0.05) is 24.2 Å². The van der Waals surface area contributed by atoms with Crippen LogP contribution in [0.15, 0.2) is 24.3 Å². The average Bonchev–Trinajstić information content (AvgIpc) is 3.06. The molecule has 2 aliphatic rings. The molecule has 0 amide bonds. The van der Waals surface area contributed by atoms with E-state index in [1.807, 2.05) is 0 Å². The van der Waals surface area contributed by atoms with E-state index in [-0.39, 0.29) is 0 Å². The lowest BCUT2D eigenvalue weighted by molar-refractivity contribution is 0.427. The second-order valence-corrected chi connectivity index (χ2v) is 6.73. The van der Waals surface area contributed by atoms with Gasteiger partial charge < -0.3 is 4.90 Å². The molecule has 0 bridgehead atoms. The van der Waals surface area contributed by atoms with Crippen LogP contribution in [0.2, 0.25) is 0 Å². The summed E-state index contributed by atoms with van der Waals surface area (Å²) in [6.45, 7) is 5.97. The summed E-state index contributed by atoms with van der Waals surface area (Å²) in [5.74, 6) is 1.71. The fourth-order valence-corrected chi connectivity index (χ4v) is 4.35. The van der Waals surface area contributed by atoms with Gasteiger partial charge in [0.05, 0.1) is 0 Å². The van der Waals surface area contributed by atoms with Gasteiger partial charge in [-0.1, -0.05) is 57.7 Å². The molecule has 3 unspecified atom stereocenters. The van der Waals surface area contributed by atoms with Crippen molar-refractivity contribution in [2.75, 3.05) is 11.4 Å². The highest BCUT2D eigenvalue weighted by molar-refractivity contribution is 5.62. The molecule has 1 heteroatoms. The Balaban J connectivity index is 1.78. The van der Waals surface area contributed by atoms with Crippen LogP contribution >= 0.6 is 0 Å². The first-order valence-corrected chi connectivity index (χ1v) is 8.70. The van der Waals surface area contributed by atoms with Crippen molar-refractivity contribution < 1.29 is 0 Å². The summed E-state index contributed by atoms with van der Waals surface area (Å²) in [6.07, 6.45) is 9.69. The molecule has 1 aromatic carbocycles. The van der Waals surface area contributed by atoms with E-state index < -0.39 is 0 Å². The fraction of sp³-hybridized carbons (Fsp3) is 0.684. The highest BCUT2D eigenvalue weighted by atomic mass is 15.2. The molecule has 110 valence electrons. The van der Waals surface area contributed by atoms with Crippen LogP contribution in [0.4, 0.5) is 5.69 Å². The number of hydrogen-bond acceptors (Lipinski definition) is 1. The SMILES string of the molecule is CCCCC(CC)CN1c2ccccc2C2CCCC21. The summed E-state index contributed by atoms with van der Waals surface area (Å²) in [6, 6.07) is 10.0. The van der Waals surface area contributed by atoms with E-state index in [1.165, 1.54) is 51.5 Å². The number of hydrogen-bond donors (Lipinski definition) is 0. The van der Waals surface area contributed by atoms with Gasteiger partial charge in [-0.3, -0.25) is 0 Å². The summed E-state index contributed by atoms with van der Waals surface area (Å²) in [5, 5.41) is 0. The first-order chi connectivity index (χ1) is 9.85. The molecule has 0 N–H and O–H groups in total. The summed E-state index contributed by atoms with van der Waals surface area (Å²) in [4.78, 5) is 2.77. The Morgan fingerprint density at radius 1 is 1.20 bits per heavy atom. The Morgan fingerprint density at radius 3 is 2.85 bits per heavy atom. The van der Waals surface area contributed by atoms with Crippen molar-refractivity contribution >= 4 is 5.69 Å². The molecule has 20 heavy (non-hydrogen) atoms. The van der Waals surface area contributed by atoms with E-state index in [4.69, 9.17) is 0 Å². The molecule has 1 fully saturated rings. The highest BCUT2D eigenvalue weighted by Gasteiger charge is 2.41. The number of anilines is 1. The third-order valence-electron chi connectivity index (χ3n) is 5.52. The molecule has 3 rings (SSSR count). The number of unbranched alkanes of at least 4 members (excludes halogenated alkanes) is 1. The normalized spacial score (nSPS) is 25.6. The van der Waals surface area contributed by atoms with Gasteiger partial charge in [-0.05, 0) is 36.8 Å². The molecule has 1 nitrogen and oxygen atoms in total. The predicted octanol–water partition coefficient (Wildman–Crippen LogP) is 5.36. The molecule has 1 aromatic rings. The van der Waals surface area contributed by atoms with E-state index in [0.29, 0.717) is 0 Å². The van der Waals surface area contributed by atoms with Gasteiger partial charge in [0.15, 0.2) is 0 Å². The molecule has 0 spiro atoms. The summed E-state index contributed by atoms with van der Waals surface area (Å²) < 4.78 is 0. The number of benzene rings is 1. The third kappa shape index (κ3) is 2.47. The number of para-hydroxylation sites is 1. The summed E-state index contributed by atoms with van der Waals surface area (Å²) in [7, 11) is 0. The number of fused-ring (bicyclic) bond motifs is 3. The quantitative estimate of drug-likeness (QED) is 0.673. The standard InChI is InChI=1S/C19H29N/c1-3-5-9-15(4-2)14-20-18-12-7-6-10-16(18)17-11-8-13-19(17)20/h6-7,10,12,15,17,19H,3-5,8-9,11,13-14H2,1-2H3. The molecule has 3 atom stereocenters. The lowest BCUT2D eigenvalue weighted by atomic mass is 9.97. The van der Waals surface area contributed by atoms with Gasteiger partial charge in [0.25, 0.3) is 0 Å². The van der Waals surface area contributed by atoms with E-state index in [9.17, 15) is 0 Å². The topological polar surface area (TPSA) is 3.24 Å². The van der Waals surface area contributed by atoms with Gasteiger partial charge in [0.1, 0.15) is 0 Å². The van der Waals surface area contributed by atoms with Crippen LogP contribution < -0.4 is 4.90 Å². The predicted molar refractivity (Wildman–Crippen MR) is 87.5 cm³/mol. The molecule has 1 heterocycles. The highest BCUT2D eigenvalue weighted by Crippen LogP contribution is 2.49. The average molecular weight is 271 g/mol. The van der Waals surface area contributed by atoms with Crippen LogP contribution in [0.3, 0.4) is 0 Å². The Labute approximate surface area is 124 Å². The second-order valence-electron chi connectivity index (χ2n) is 6.73. The Bertz CT molecular complexity index is 439. The van der Waals surface area contributed by atoms with Crippen LogP contribution in [-0.2, 0) is 0 Å². The van der Waals surface area contributed by atoms with Crippen molar-refractivity contribution in [3.05, 3.63) is 29.8 Å². The van der Waals surface area contributed by atoms with Crippen LogP contribution in [-0.4, -0.2) is 12.6 Å². The van der Waals surface area contributed by atoms with Crippen LogP contribution in [0.1, 0.15) is 70.3 Å². The Hall–Kier alpha value is -0.980. The molecule has 0 saturated heterocycles. The molecule has 0 aromatic heterocycles.